The maximum absolute atomic E-state index is 13.2. The molecule has 5 heteroatoms. The van der Waals surface area contributed by atoms with E-state index in [1.165, 1.54) is 12.1 Å². The molecule has 0 fully saturated rings. The van der Waals surface area contributed by atoms with Crippen LogP contribution in [0.2, 0.25) is 0 Å². The lowest BCUT2D eigenvalue weighted by Crippen LogP contribution is -2.16. The quantitative estimate of drug-likeness (QED) is 0.830. The number of nitrogens with two attached hydrogens (primary N) is 1. The van der Waals surface area contributed by atoms with Crippen molar-refractivity contribution in [2.45, 2.75) is 13.0 Å². The van der Waals surface area contributed by atoms with Crippen LogP contribution in [0.4, 0.5) is 4.39 Å². The van der Waals surface area contributed by atoms with Crippen LogP contribution in [0.5, 0.6) is 0 Å². The van der Waals surface area contributed by atoms with Crippen LogP contribution < -0.4 is 5.73 Å². The molecule has 0 amide bonds. The fourth-order valence-electron chi connectivity index (χ4n) is 1.69. The molecular formula is C11H13FN4. The van der Waals surface area contributed by atoms with E-state index in [0.717, 1.165) is 16.8 Å². The van der Waals surface area contributed by atoms with E-state index in [4.69, 9.17) is 5.73 Å². The number of hydrogen-bond acceptors (Lipinski definition) is 3. The van der Waals surface area contributed by atoms with Gasteiger partial charge in [0.05, 0.1) is 17.9 Å². The standard InChI is InChI=1S/C11H13FN4/c1-7-3-8(5-9(12)4-7)11(13)10-6-14-15-16(10)2/h3-6,11H,13H2,1-2H3. The van der Waals surface area contributed by atoms with Crippen molar-refractivity contribution in [1.29, 1.82) is 0 Å². The van der Waals surface area contributed by atoms with Gasteiger partial charge < -0.3 is 5.73 Å². The Balaban J connectivity index is 2.41. The largest absolute Gasteiger partial charge is 0.319 e. The topological polar surface area (TPSA) is 56.7 Å². The van der Waals surface area contributed by atoms with E-state index in [1.54, 1.807) is 17.9 Å². The number of benzene rings is 1. The van der Waals surface area contributed by atoms with Crippen LogP contribution in [0.3, 0.4) is 0 Å². The molecule has 0 saturated carbocycles. The van der Waals surface area contributed by atoms with E-state index in [0.29, 0.717) is 0 Å². The molecule has 0 aliphatic rings. The lowest BCUT2D eigenvalue weighted by Gasteiger charge is -2.12. The maximum Gasteiger partial charge on any atom is 0.123 e. The van der Waals surface area contributed by atoms with Gasteiger partial charge in [-0.3, -0.25) is 4.68 Å². The Morgan fingerprint density at radius 2 is 2.12 bits per heavy atom. The van der Waals surface area contributed by atoms with Crippen molar-refractivity contribution in [3.63, 3.8) is 0 Å². The van der Waals surface area contributed by atoms with Gasteiger partial charge in [-0.05, 0) is 30.2 Å². The molecule has 1 atom stereocenters. The summed E-state index contributed by atoms with van der Waals surface area (Å²) >= 11 is 0. The average Bonchev–Trinajstić information content (AvgIpc) is 2.62. The molecule has 0 aliphatic carbocycles. The first-order chi connectivity index (χ1) is 7.58. The normalized spacial score (nSPS) is 12.8. The molecule has 0 spiro atoms. The van der Waals surface area contributed by atoms with Gasteiger partial charge in [-0.15, -0.1) is 5.10 Å². The fourth-order valence-corrected chi connectivity index (χ4v) is 1.69. The van der Waals surface area contributed by atoms with Crippen LogP contribution in [0.15, 0.2) is 24.4 Å². The zero-order valence-electron chi connectivity index (χ0n) is 9.18. The summed E-state index contributed by atoms with van der Waals surface area (Å²) in [6.45, 7) is 1.83. The SMILES string of the molecule is Cc1cc(F)cc(C(N)c2cnnn2C)c1. The summed E-state index contributed by atoms with van der Waals surface area (Å²) in [6, 6.07) is 4.36. The Morgan fingerprint density at radius 3 is 2.69 bits per heavy atom. The number of rotatable bonds is 2. The molecule has 1 unspecified atom stereocenters. The second kappa shape index (κ2) is 4.02. The molecule has 1 heterocycles. The minimum Gasteiger partial charge on any atom is -0.319 e. The van der Waals surface area contributed by atoms with E-state index in [2.05, 4.69) is 10.3 Å². The van der Waals surface area contributed by atoms with Gasteiger partial charge in [0.2, 0.25) is 0 Å². The molecule has 2 aromatic rings. The lowest BCUT2D eigenvalue weighted by atomic mass is 10.0. The van der Waals surface area contributed by atoms with E-state index in [-0.39, 0.29) is 5.82 Å². The van der Waals surface area contributed by atoms with Crippen LogP contribution in [0.25, 0.3) is 0 Å². The van der Waals surface area contributed by atoms with Crippen molar-refractivity contribution in [3.05, 3.63) is 47.0 Å². The highest BCUT2D eigenvalue weighted by Crippen LogP contribution is 2.20. The van der Waals surface area contributed by atoms with Crippen LogP contribution in [0.1, 0.15) is 22.9 Å². The zero-order chi connectivity index (χ0) is 11.7. The second-order valence-corrected chi connectivity index (χ2v) is 3.82. The highest BCUT2D eigenvalue weighted by molar-refractivity contribution is 5.30. The van der Waals surface area contributed by atoms with Crippen molar-refractivity contribution in [3.8, 4) is 0 Å². The summed E-state index contributed by atoms with van der Waals surface area (Å²) in [6.07, 6.45) is 1.59. The minimum absolute atomic E-state index is 0.277. The summed E-state index contributed by atoms with van der Waals surface area (Å²) in [4.78, 5) is 0. The Bertz CT molecular complexity index is 486. The van der Waals surface area contributed by atoms with Gasteiger partial charge in [-0.1, -0.05) is 11.3 Å². The van der Waals surface area contributed by atoms with Gasteiger partial charge in [0.15, 0.2) is 0 Å². The highest BCUT2D eigenvalue weighted by Gasteiger charge is 2.14. The van der Waals surface area contributed by atoms with Gasteiger partial charge in [-0.2, -0.15) is 0 Å². The van der Waals surface area contributed by atoms with Gasteiger partial charge in [0.25, 0.3) is 0 Å². The van der Waals surface area contributed by atoms with Crippen molar-refractivity contribution < 1.29 is 4.39 Å². The predicted molar refractivity (Wildman–Crippen MR) is 58.2 cm³/mol. The van der Waals surface area contributed by atoms with Gasteiger partial charge in [-0.25, -0.2) is 4.39 Å². The molecule has 0 bridgehead atoms. The Hall–Kier alpha value is -1.75. The summed E-state index contributed by atoms with van der Waals surface area (Å²) < 4.78 is 14.8. The third-order valence-electron chi connectivity index (χ3n) is 2.49. The molecule has 0 aliphatic heterocycles. The molecule has 4 nitrogen and oxygen atoms in total. The summed E-state index contributed by atoms with van der Waals surface area (Å²) in [7, 11) is 1.76. The van der Waals surface area contributed by atoms with Gasteiger partial charge >= 0.3 is 0 Å². The van der Waals surface area contributed by atoms with Gasteiger partial charge in [0.1, 0.15) is 5.82 Å². The fraction of sp³-hybridized carbons (Fsp3) is 0.273. The Kier molecular flexibility index (Phi) is 2.70. The molecule has 0 radical (unpaired) electrons. The minimum atomic E-state index is -0.408. The van der Waals surface area contributed by atoms with Crippen LogP contribution in [-0.2, 0) is 7.05 Å². The molecular weight excluding hydrogens is 207 g/mol. The second-order valence-electron chi connectivity index (χ2n) is 3.82. The summed E-state index contributed by atoms with van der Waals surface area (Å²) in [5.41, 5.74) is 8.36. The summed E-state index contributed by atoms with van der Waals surface area (Å²) in [5.74, 6) is -0.277. The molecule has 84 valence electrons. The molecule has 2 N–H and O–H groups in total. The first-order valence-corrected chi connectivity index (χ1v) is 4.95. The Morgan fingerprint density at radius 1 is 1.38 bits per heavy atom. The van der Waals surface area contributed by atoms with Crippen molar-refractivity contribution in [2.75, 3.05) is 0 Å². The van der Waals surface area contributed by atoms with Crippen LogP contribution >= 0.6 is 0 Å². The maximum atomic E-state index is 13.2. The van der Waals surface area contributed by atoms with E-state index < -0.39 is 6.04 Å². The number of hydrogen-bond donors (Lipinski definition) is 1. The van der Waals surface area contributed by atoms with E-state index in [9.17, 15) is 4.39 Å². The number of aromatic nitrogens is 3. The third-order valence-corrected chi connectivity index (χ3v) is 2.49. The van der Waals surface area contributed by atoms with Crippen molar-refractivity contribution >= 4 is 0 Å². The molecule has 16 heavy (non-hydrogen) atoms. The Labute approximate surface area is 92.9 Å². The van der Waals surface area contributed by atoms with E-state index in [1.807, 2.05) is 13.0 Å². The first kappa shape index (κ1) is 10.8. The lowest BCUT2D eigenvalue weighted by molar-refractivity contribution is 0.616. The third kappa shape index (κ3) is 1.94. The molecule has 0 saturated heterocycles. The van der Waals surface area contributed by atoms with Crippen LogP contribution in [-0.4, -0.2) is 15.0 Å². The predicted octanol–water partition coefficient (Wildman–Crippen LogP) is 1.31. The average molecular weight is 220 g/mol. The van der Waals surface area contributed by atoms with Crippen LogP contribution in [0, 0.1) is 12.7 Å². The molecule has 2 rings (SSSR count). The molecule has 1 aromatic heterocycles. The number of nitrogens with zero attached hydrogens (tertiary/aromatic N) is 3. The number of aryl methyl sites for hydroxylation is 2. The smallest absolute Gasteiger partial charge is 0.123 e. The first-order valence-electron chi connectivity index (χ1n) is 4.95. The highest BCUT2D eigenvalue weighted by atomic mass is 19.1. The molecule has 1 aromatic carbocycles. The number of halogens is 1. The van der Waals surface area contributed by atoms with Crippen molar-refractivity contribution in [2.24, 2.45) is 12.8 Å². The van der Waals surface area contributed by atoms with E-state index >= 15 is 0 Å². The van der Waals surface area contributed by atoms with Gasteiger partial charge in [0, 0.05) is 7.05 Å². The monoisotopic (exact) mass is 220 g/mol. The summed E-state index contributed by atoms with van der Waals surface area (Å²) in [5, 5.41) is 7.55. The zero-order valence-corrected chi connectivity index (χ0v) is 9.18. The van der Waals surface area contributed by atoms with Crippen molar-refractivity contribution in [1.82, 2.24) is 15.0 Å².